The summed E-state index contributed by atoms with van der Waals surface area (Å²) in [6.07, 6.45) is 0.239. The summed E-state index contributed by atoms with van der Waals surface area (Å²) >= 11 is 7.36. The fraction of sp³-hybridized carbons (Fsp3) is 0.370. The van der Waals surface area contributed by atoms with Gasteiger partial charge in [-0.25, -0.2) is 0 Å². The summed E-state index contributed by atoms with van der Waals surface area (Å²) < 4.78 is 0.502. The minimum Gasteiger partial charge on any atom is -0.508 e. The molecule has 3 aliphatic carbocycles. The number of aliphatic hydroxyl groups excluding tert-OH is 2. The van der Waals surface area contributed by atoms with Gasteiger partial charge in [0.25, 0.3) is 5.91 Å². The van der Waals surface area contributed by atoms with Gasteiger partial charge in [-0.05, 0) is 56.6 Å². The molecule has 6 N–H and O–H groups in total. The summed E-state index contributed by atoms with van der Waals surface area (Å²) in [7, 11) is 6.76. The average molecular weight is 574 g/mol. The van der Waals surface area contributed by atoms with Gasteiger partial charge in [0.15, 0.2) is 11.4 Å². The van der Waals surface area contributed by atoms with Crippen LogP contribution in [0.1, 0.15) is 17.5 Å². The van der Waals surface area contributed by atoms with Crippen molar-refractivity contribution in [3.63, 3.8) is 0 Å². The number of carbonyl (C=O) groups excluding carboxylic acids is 3. The van der Waals surface area contributed by atoms with E-state index in [1.54, 1.807) is 32.3 Å². The number of hydrogen-bond acceptors (Lipinski definition) is 10. The Morgan fingerprint density at radius 2 is 1.82 bits per heavy atom. The highest BCUT2D eigenvalue weighted by Gasteiger charge is 2.64. The Morgan fingerprint density at radius 1 is 1.15 bits per heavy atom. The summed E-state index contributed by atoms with van der Waals surface area (Å²) in [4.78, 5) is 43.3. The van der Waals surface area contributed by atoms with E-state index >= 15 is 0 Å². The number of benzene rings is 1. The SMILES string of the molecule is CN(C)c1cc(-c2ccc(Cl)s2)c(O)c2c1C[C@H]1C[C@H]3[C@H](N(C)C)C(=O)C(C(N)=O)=C(O)[C@@]3(O)C(=O)C1=C2O. The maximum Gasteiger partial charge on any atom is 0.255 e. The molecule has 4 atom stereocenters. The second kappa shape index (κ2) is 9.09. The third-order valence-corrected chi connectivity index (χ3v) is 9.28. The predicted octanol–water partition coefficient (Wildman–Crippen LogP) is 2.41. The van der Waals surface area contributed by atoms with Gasteiger partial charge in [-0.3, -0.25) is 19.3 Å². The molecule has 1 amide bonds. The van der Waals surface area contributed by atoms with Crippen molar-refractivity contribution in [2.24, 2.45) is 17.6 Å². The minimum absolute atomic E-state index is 0.0294. The van der Waals surface area contributed by atoms with E-state index in [0.29, 0.717) is 26.0 Å². The van der Waals surface area contributed by atoms with Crippen LogP contribution in [0.2, 0.25) is 4.34 Å². The van der Waals surface area contributed by atoms with Gasteiger partial charge in [-0.1, -0.05) is 11.6 Å². The molecule has 12 heteroatoms. The number of nitrogens with two attached hydrogens (primary N) is 1. The van der Waals surface area contributed by atoms with Crippen molar-refractivity contribution in [3.05, 3.63) is 50.6 Å². The molecule has 0 radical (unpaired) electrons. The number of nitrogens with zero attached hydrogens (tertiary/aromatic N) is 2. The molecule has 0 spiro atoms. The maximum atomic E-state index is 14.0. The van der Waals surface area contributed by atoms with Crippen LogP contribution in [0.5, 0.6) is 5.75 Å². The lowest BCUT2D eigenvalue weighted by molar-refractivity contribution is -0.153. The zero-order valence-corrected chi connectivity index (χ0v) is 23.2. The van der Waals surface area contributed by atoms with E-state index in [1.807, 2.05) is 19.0 Å². The second-order valence-electron chi connectivity index (χ2n) is 10.6. The fourth-order valence-corrected chi connectivity index (χ4v) is 7.40. The van der Waals surface area contributed by atoms with E-state index in [4.69, 9.17) is 17.3 Å². The summed E-state index contributed by atoms with van der Waals surface area (Å²) in [6.45, 7) is 0. The van der Waals surface area contributed by atoms with Gasteiger partial charge in [0, 0.05) is 41.7 Å². The number of hydrogen-bond donors (Lipinski definition) is 5. The van der Waals surface area contributed by atoms with Crippen LogP contribution in [0.4, 0.5) is 5.69 Å². The number of amides is 1. The van der Waals surface area contributed by atoms with E-state index in [1.165, 1.54) is 16.2 Å². The molecule has 0 bridgehead atoms. The molecule has 1 fully saturated rings. The Hall–Kier alpha value is -3.38. The van der Waals surface area contributed by atoms with Crippen LogP contribution >= 0.6 is 22.9 Å². The normalized spacial score (nSPS) is 26.5. The van der Waals surface area contributed by atoms with Crippen molar-refractivity contribution in [2.75, 3.05) is 33.1 Å². The van der Waals surface area contributed by atoms with Crippen LogP contribution in [-0.4, -0.2) is 82.6 Å². The molecular formula is C27H28ClN3O7S. The van der Waals surface area contributed by atoms with Crippen LogP contribution in [0.15, 0.2) is 35.1 Å². The number of Topliss-reactive ketones (excluding diaryl/α,β-unsaturated/α-hetero) is 2. The van der Waals surface area contributed by atoms with Crippen LogP contribution in [0.3, 0.4) is 0 Å². The Morgan fingerprint density at radius 3 is 2.36 bits per heavy atom. The molecule has 5 rings (SSSR count). The third kappa shape index (κ3) is 3.71. The third-order valence-electron chi connectivity index (χ3n) is 8.02. The van der Waals surface area contributed by atoms with Gasteiger partial charge < -0.3 is 31.1 Å². The summed E-state index contributed by atoms with van der Waals surface area (Å²) in [5.41, 5.74) is 3.39. The number of phenolic OH excluding ortho intramolecular Hbond substituents is 1. The molecule has 39 heavy (non-hydrogen) atoms. The molecule has 0 unspecified atom stereocenters. The van der Waals surface area contributed by atoms with Gasteiger partial charge in [0.05, 0.1) is 15.9 Å². The highest BCUT2D eigenvalue weighted by molar-refractivity contribution is 7.19. The minimum atomic E-state index is -2.68. The molecule has 206 valence electrons. The first-order chi connectivity index (χ1) is 18.2. The average Bonchev–Trinajstić information content (AvgIpc) is 3.26. The molecule has 1 saturated carbocycles. The molecule has 1 aromatic carbocycles. The van der Waals surface area contributed by atoms with E-state index < -0.39 is 58.0 Å². The van der Waals surface area contributed by atoms with Crippen molar-refractivity contribution >= 4 is 51.9 Å². The largest absolute Gasteiger partial charge is 0.508 e. The highest BCUT2D eigenvalue weighted by atomic mass is 35.5. The number of aromatic hydroxyl groups is 1. The first-order valence-corrected chi connectivity index (χ1v) is 13.4. The molecule has 2 aromatic rings. The molecule has 1 aromatic heterocycles. The zero-order valence-electron chi connectivity index (χ0n) is 21.6. The van der Waals surface area contributed by atoms with Crippen molar-refractivity contribution in [1.29, 1.82) is 0 Å². The van der Waals surface area contributed by atoms with Crippen molar-refractivity contribution in [1.82, 2.24) is 4.90 Å². The number of thiophene rings is 1. The Labute approximate surface area is 233 Å². The van der Waals surface area contributed by atoms with Crippen LogP contribution < -0.4 is 10.6 Å². The summed E-state index contributed by atoms with van der Waals surface area (Å²) in [5, 5.41) is 45.7. The summed E-state index contributed by atoms with van der Waals surface area (Å²) in [6, 6.07) is 4.07. The lowest BCUT2D eigenvalue weighted by Gasteiger charge is -2.50. The van der Waals surface area contributed by atoms with Crippen molar-refractivity contribution in [3.8, 4) is 16.2 Å². The van der Waals surface area contributed by atoms with E-state index in [-0.39, 0.29) is 29.7 Å². The quantitative estimate of drug-likeness (QED) is 0.345. The van der Waals surface area contributed by atoms with Gasteiger partial charge >= 0.3 is 0 Å². The van der Waals surface area contributed by atoms with Crippen LogP contribution in [0.25, 0.3) is 16.2 Å². The number of carbonyl (C=O) groups is 3. The smallest absolute Gasteiger partial charge is 0.255 e. The molecule has 10 nitrogen and oxygen atoms in total. The number of halogens is 1. The first kappa shape index (κ1) is 27.2. The van der Waals surface area contributed by atoms with E-state index in [2.05, 4.69) is 0 Å². The molecule has 0 saturated heterocycles. The highest BCUT2D eigenvalue weighted by Crippen LogP contribution is 2.55. The Kier molecular flexibility index (Phi) is 6.34. The van der Waals surface area contributed by atoms with E-state index in [0.717, 1.165) is 0 Å². The first-order valence-electron chi connectivity index (χ1n) is 12.2. The van der Waals surface area contributed by atoms with Crippen molar-refractivity contribution < 1.29 is 34.8 Å². The fourth-order valence-electron chi connectivity index (χ4n) is 6.34. The Balaban J connectivity index is 1.78. The summed E-state index contributed by atoms with van der Waals surface area (Å²) in [5.74, 6) is -6.78. The number of fused-ring (bicyclic) bond motifs is 3. The molecule has 1 heterocycles. The monoisotopic (exact) mass is 573 g/mol. The predicted molar refractivity (Wildman–Crippen MR) is 147 cm³/mol. The molecular weight excluding hydrogens is 546 g/mol. The van der Waals surface area contributed by atoms with Crippen LogP contribution in [0, 0.1) is 11.8 Å². The molecule has 3 aliphatic rings. The zero-order chi connectivity index (χ0) is 28.7. The number of primary amides is 1. The number of phenols is 1. The van der Waals surface area contributed by atoms with E-state index in [9.17, 15) is 34.8 Å². The van der Waals surface area contributed by atoms with Gasteiger partial charge in [0.2, 0.25) is 5.78 Å². The van der Waals surface area contributed by atoms with Crippen LogP contribution in [-0.2, 0) is 20.8 Å². The van der Waals surface area contributed by atoms with Gasteiger partial charge in [0.1, 0.15) is 22.8 Å². The molecule has 0 aliphatic heterocycles. The number of aliphatic hydroxyl groups is 3. The number of likely N-dealkylation sites (N-methyl/N-ethyl adjacent to an activating group) is 1. The number of rotatable bonds is 4. The topological polar surface area (TPSA) is 165 Å². The van der Waals surface area contributed by atoms with Crippen molar-refractivity contribution in [2.45, 2.75) is 24.5 Å². The lowest BCUT2D eigenvalue weighted by Crippen LogP contribution is -2.65. The maximum absolute atomic E-state index is 14.0. The standard InChI is InChI=1S/C27H28ClN3O7S/c1-30(2)14-9-12(15-5-6-16(28)39-15)21(32)18-11(14)7-10-8-13-20(31(3)4)23(34)19(26(29)37)25(36)27(13,38)24(35)17(10)22(18)33/h5-6,9-10,13,20,32-33,36,38H,7-8H2,1-4H3,(H2,29,37)/t10-,13-,20-,27-/m0/s1. The number of anilines is 1. The second-order valence-corrected chi connectivity index (χ2v) is 12.3. The lowest BCUT2D eigenvalue weighted by atomic mass is 9.57. The van der Waals surface area contributed by atoms with Gasteiger partial charge in [-0.2, -0.15) is 0 Å². The number of ketones is 2. The Bertz CT molecular complexity index is 1530. The van der Waals surface area contributed by atoms with Gasteiger partial charge in [-0.15, -0.1) is 11.3 Å².